The Morgan fingerprint density at radius 2 is 1.78 bits per heavy atom. The number of aromatic nitrogens is 3. The molecule has 0 unspecified atom stereocenters. The zero-order valence-electron chi connectivity index (χ0n) is 18.0. The van der Waals surface area contributed by atoms with Crippen molar-refractivity contribution in [3.63, 3.8) is 0 Å². The Morgan fingerprint density at radius 3 is 2.47 bits per heavy atom. The Morgan fingerprint density at radius 1 is 0.969 bits per heavy atom. The summed E-state index contributed by atoms with van der Waals surface area (Å²) in [5.74, 6) is 0.00692. The highest BCUT2D eigenvalue weighted by Crippen LogP contribution is 2.29. The highest BCUT2D eigenvalue weighted by Gasteiger charge is 2.31. The largest absolute Gasteiger partial charge is 0.360 e. The van der Waals surface area contributed by atoms with Crippen LogP contribution in [0.1, 0.15) is 12.8 Å². The zero-order chi connectivity index (χ0) is 21.9. The van der Waals surface area contributed by atoms with Gasteiger partial charge in [-0.2, -0.15) is 5.10 Å². The molecule has 1 fully saturated rings. The first-order valence-corrected chi connectivity index (χ1v) is 10.9. The van der Waals surface area contributed by atoms with Gasteiger partial charge in [0.05, 0.1) is 23.3 Å². The normalized spacial score (nSPS) is 15.7. The first-order chi connectivity index (χ1) is 15.7. The molecule has 4 aromatic rings. The molecule has 1 N–H and O–H groups in total. The van der Waals surface area contributed by atoms with Crippen molar-refractivity contribution in [1.82, 2.24) is 14.8 Å². The molecule has 6 heteroatoms. The molecule has 1 saturated heterocycles. The van der Waals surface area contributed by atoms with E-state index in [0.29, 0.717) is 5.69 Å². The fraction of sp³-hybridized carbons (Fsp3) is 0.192. The quantitative estimate of drug-likeness (QED) is 0.503. The second-order valence-electron chi connectivity index (χ2n) is 8.03. The van der Waals surface area contributed by atoms with Gasteiger partial charge in [0.25, 0.3) is 0 Å². The topological polar surface area (TPSA) is 63.1 Å². The molecular weight excluding hydrogens is 398 g/mol. The standard InChI is InChI=1S/C26H25N5O/c1-30-24(15-16-28-30)20-9-12-22(13-10-20)31-17-5-8-25(31)26(32)29-21-11-14-23(27-18-21)19-6-3-2-4-7-19/h2-4,6-7,9-16,18,25H,5,8,17H2,1H3,(H,29,32)/t25-/m0/s1. The van der Waals surface area contributed by atoms with Gasteiger partial charge < -0.3 is 10.2 Å². The van der Waals surface area contributed by atoms with Crippen LogP contribution in [0.5, 0.6) is 0 Å². The minimum Gasteiger partial charge on any atom is -0.360 e. The van der Waals surface area contributed by atoms with Gasteiger partial charge in [0.2, 0.25) is 5.91 Å². The van der Waals surface area contributed by atoms with Crippen molar-refractivity contribution >= 4 is 17.3 Å². The zero-order valence-corrected chi connectivity index (χ0v) is 18.0. The van der Waals surface area contributed by atoms with Crippen LogP contribution >= 0.6 is 0 Å². The van der Waals surface area contributed by atoms with Crippen LogP contribution in [0.25, 0.3) is 22.5 Å². The molecule has 0 bridgehead atoms. The number of pyridine rings is 1. The summed E-state index contributed by atoms with van der Waals surface area (Å²) in [5, 5.41) is 7.29. The van der Waals surface area contributed by atoms with Gasteiger partial charge in [-0.25, -0.2) is 0 Å². The summed E-state index contributed by atoms with van der Waals surface area (Å²) in [6, 6.07) is 24.0. The Bertz CT molecular complexity index is 1200. The number of nitrogens with one attached hydrogen (secondary N) is 1. The number of nitrogens with zero attached hydrogens (tertiary/aromatic N) is 4. The third kappa shape index (κ3) is 3.99. The first-order valence-electron chi connectivity index (χ1n) is 10.9. The van der Waals surface area contributed by atoms with Gasteiger partial charge in [0.15, 0.2) is 0 Å². The lowest BCUT2D eigenvalue weighted by Crippen LogP contribution is -2.39. The van der Waals surface area contributed by atoms with Crippen LogP contribution in [0.3, 0.4) is 0 Å². The number of anilines is 2. The Hall–Kier alpha value is -3.93. The summed E-state index contributed by atoms with van der Waals surface area (Å²) in [4.78, 5) is 19.8. The maximum atomic E-state index is 13.1. The SMILES string of the molecule is Cn1nccc1-c1ccc(N2CCC[C@H]2C(=O)Nc2ccc(-c3ccccc3)nc2)cc1. The molecule has 1 atom stereocenters. The molecule has 1 amide bonds. The number of hydrogen-bond donors (Lipinski definition) is 1. The van der Waals surface area contributed by atoms with Gasteiger partial charge in [-0.15, -0.1) is 0 Å². The summed E-state index contributed by atoms with van der Waals surface area (Å²) in [6.45, 7) is 0.869. The predicted molar refractivity (Wildman–Crippen MR) is 127 cm³/mol. The van der Waals surface area contributed by atoms with Crippen molar-refractivity contribution in [3.8, 4) is 22.5 Å². The van der Waals surface area contributed by atoms with Gasteiger partial charge in [0, 0.05) is 31.0 Å². The molecular formula is C26H25N5O. The molecule has 6 nitrogen and oxygen atoms in total. The number of carbonyl (C=O) groups is 1. The van der Waals surface area contributed by atoms with E-state index in [9.17, 15) is 4.79 Å². The first kappa shape index (κ1) is 20.0. The fourth-order valence-electron chi connectivity index (χ4n) is 4.30. The summed E-state index contributed by atoms with van der Waals surface area (Å²) < 4.78 is 1.86. The van der Waals surface area contributed by atoms with Crippen LogP contribution < -0.4 is 10.2 Å². The van der Waals surface area contributed by atoms with E-state index < -0.39 is 0 Å². The van der Waals surface area contributed by atoms with E-state index in [4.69, 9.17) is 0 Å². The third-order valence-corrected chi connectivity index (χ3v) is 5.97. The highest BCUT2D eigenvalue weighted by atomic mass is 16.2. The lowest BCUT2D eigenvalue weighted by Gasteiger charge is -2.26. The van der Waals surface area contributed by atoms with E-state index >= 15 is 0 Å². The number of aryl methyl sites for hydroxylation is 1. The minimum atomic E-state index is -0.189. The van der Waals surface area contributed by atoms with Crippen molar-refractivity contribution in [2.24, 2.45) is 7.05 Å². The van der Waals surface area contributed by atoms with Gasteiger partial charge in [-0.1, -0.05) is 42.5 Å². The summed E-state index contributed by atoms with van der Waals surface area (Å²) in [5.41, 5.74) is 5.90. The van der Waals surface area contributed by atoms with Crippen molar-refractivity contribution in [1.29, 1.82) is 0 Å². The molecule has 0 spiro atoms. The summed E-state index contributed by atoms with van der Waals surface area (Å²) in [7, 11) is 1.94. The van der Waals surface area contributed by atoms with Crippen molar-refractivity contribution < 1.29 is 4.79 Å². The molecule has 0 saturated carbocycles. The van der Waals surface area contributed by atoms with Gasteiger partial charge in [-0.3, -0.25) is 14.5 Å². The van der Waals surface area contributed by atoms with Crippen LogP contribution in [0, 0.1) is 0 Å². The second-order valence-corrected chi connectivity index (χ2v) is 8.03. The van der Waals surface area contributed by atoms with E-state index in [1.165, 1.54) is 0 Å². The van der Waals surface area contributed by atoms with Gasteiger partial charge in [-0.05, 0) is 48.7 Å². The van der Waals surface area contributed by atoms with Crippen LogP contribution in [0.15, 0.2) is 85.2 Å². The average Bonchev–Trinajstić information content (AvgIpc) is 3.50. The maximum absolute atomic E-state index is 13.1. The average molecular weight is 424 g/mol. The van der Waals surface area contributed by atoms with Crippen molar-refractivity contribution in [2.45, 2.75) is 18.9 Å². The molecule has 2 aromatic heterocycles. The predicted octanol–water partition coefficient (Wildman–Crippen LogP) is 4.76. The lowest BCUT2D eigenvalue weighted by molar-refractivity contribution is -0.117. The molecule has 160 valence electrons. The number of benzene rings is 2. The molecule has 3 heterocycles. The molecule has 5 rings (SSSR count). The highest BCUT2D eigenvalue weighted by molar-refractivity contribution is 5.97. The molecule has 0 aliphatic carbocycles. The minimum absolute atomic E-state index is 0.00692. The van der Waals surface area contributed by atoms with Crippen LogP contribution in [-0.2, 0) is 11.8 Å². The molecule has 1 aliphatic heterocycles. The smallest absolute Gasteiger partial charge is 0.247 e. The van der Waals surface area contributed by atoms with E-state index in [1.54, 1.807) is 12.4 Å². The number of rotatable bonds is 5. The van der Waals surface area contributed by atoms with Crippen molar-refractivity contribution in [2.75, 3.05) is 16.8 Å². The number of carbonyl (C=O) groups excluding carboxylic acids is 1. The summed E-state index contributed by atoms with van der Waals surface area (Å²) >= 11 is 0. The van der Waals surface area contributed by atoms with E-state index in [1.807, 2.05) is 60.3 Å². The van der Waals surface area contributed by atoms with E-state index in [-0.39, 0.29) is 11.9 Å². The van der Waals surface area contributed by atoms with E-state index in [0.717, 1.165) is 47.6 Å². The molecule has 2 aromatic carbocycles. The maximum Gasteiger partial charge on any atom is 0.247 e. The Labute approximate surface area is 187 Å². The molecule has 0 radical (unpaired) electrons. The van der Waals surface area contributed by atoms with Gasteiger partial charge in [0.1, 0.15) is 6.04 Å². The summed E-state index contributed by atoms with van der Waals surface area (Å²) in [6.07, 6.45) is 5.35. The van der Waals surface area contributed by atoms with Crippen molar-refractivity contribution in [3.05, 3.63) is 85.2 Å². The molecule has 32 heavy (non-hydrogen) atoms. The number of hydrogen-bond acceptors (Lipinski definition) is 4. The Kier molecular flexibility index (Phi) is 5.42. The van der Waals surface area contributed by atoms with E-state index in [2.05, 4.69) is 44.6 Å². The lowest BCUT2D eigenvalue weighted by atomic mass is 10.1. The van der Waals surface area contributed by atoms with Crippen LogP contribution in [0.2, 0.25) is 0 Å². The Balaban J connectivity index is 1.28. The third-order valence-electron chi connectivity index (χ3n) is 5.97. The second kappa shape index (κ2) is 8.67. The molecule has 1 aliphatic rings. The number of amides is 1. The van der Waals surface area contributed by atoms with Gasteiger partial charge >= 0.3 is 0 Å². The monoisotopic (exact) mass is 423 g/mol. The van der Waals surface area contributed by atoms with Crippen LogP contribution in [0.4, 0.5) is 11.4 Å². The fourth-order valence-corrected chi connectivity index (χ4v) is 4.30. The van der Waals surface area contributed by atoms with Crippen LogP contribution in [-0.4, -0.2) is 33.3 Å².